The van der Waals surface area contributed by atoms with Crippen molar-refractivity contribution in [2.45, 2.75) is 44.2 Å². The summed E-state index contributed by atoms with van der Waals surface area (Å²) < 4.78 is 42.2. The minimum absolute atomic E-state index is 0.0142. The fourth-order valence-corrected chi connectivity index (χ4v) is 5.63. The van der Waals surface area contributed by atoms with Gasteiger partial charge in [-0.3, -0.25) is 18.8 Å². The average molecular weight is 547 g/mol. The molecule has 0 saturated heterocycles. The molecule has 0 spiro atoms. The molecule has 1 N–H and O–H groups in total. The Hall–Kier alpha value is -3.57. The summed E-state index contributed by atoms with van der Waals surface area (Å²) in [6, 6.07) is 8.60. The number of hydrogen-bond acceptors (Lipinski definition) is 7. The van der Waals surface area contributed by atoms with Crippen LogP contribution in [0.25, 0.3) is 12.2 Å². The number of pyridine rings is 1. The number of fused-ring (bicyclic) bond motifs is 1. The molecule has 0 saturated carbocycles. The lowest BCUT2D eigenvalue weighted by Crippen LogP contribution is -2.43. The topological polar surface area (TPSA) is 124 Å². The predicted octanol–water partition coefficient (Wildman–Crippen LogP) is 4.34. The first-order valence-electron chi connectivity index (χ1n) is 11.8. The molecule has 1 aromatic carbocycles. The summed E-state index contributed by atoms with van der Waals surface area (Å²) in [6.07, 6.45) is 5.92. The van der Waals surface area contributed by atoms with Crippen LogP contribution in [0.4, 0.5) is 5.69 Å². The molecule has 1 atom stereocenters. The van der Waals surface area contributed by atoms with Crippen molar-refractivity contribution in [3.05, 3.63) is 59.0 Å². The summed E-state index contributed by atoms with van der Waals surface area (Å²) in [4.78, 5) is 15.3. The number of aliphatic carboxylic acids is 1. The molecule has 0 unspecified atom stereocenters. The van der Waals surface area contributed by atoms with E-state index in [2.05, 4.69) is 10.1 Å². The molecular formula is C25H27ClN4O6S. The summed E-state index contributed by atoms with van der Waals surface area (Å²) in [5.74, 6) is -0.639. The molecule has 10 nitrogen and oxygen atoms in total. The number of sulfonamides is 1. The fourth-order valence-electron chi connectivity index (χ4n) is 3.87. The van der Waals surface area contributed by atoms with Crippen molar-refractivity contribution >= 4 is 45.4 Å². The van der Waals surface area contributed by atoms with Gasteiger partial charge in [0.25, 0.3) is 15.9 Å². The standard InChI is InChI=1S/C25H27ClN4O6S/c1-3-29-16-23(25(28-29)35-4-2)37(33,34)30-15-18(9-12-24(31)32)36-22-11-8-17(14-21(22)30)7-10-20-19(26)6-5-13-27-20/h5-8,10-11,13-14,16,18H,3-4,9,12,15H2,1-2H3,(H,31,32)/b10-7+/t18-/m0/s1. The Morgan fingerprint density at radius 2 is 2.11 bits per heavy atom. The van der Waals surface area contributed by atoms with Gasteiger partial charge in [0.1, 0.15) is 11.9 Å². The van der Waals surface area contributed by atoms with Crippen LogP contribution in [0, 0.1) is 0 Å². The third-order valence-electron chi connectivity index (χ3n) is 5.68. The number of rotatable bonds is 10. The first-order valence-corrected chi connectivity index (χ1v) is 13.6. The number of anilines is 1. The molecule has 1 aliphatic heterocycles. The van der Waals surface area contributed by atoms with Gasteiger partial charge in [-0.05, 0) is 56.2 Å². The summed E-state index contributed by atoms with van der Waals surface area (Å²) >= 11 is 6.20. The fraction of sp³-hybridized carbons (Fsp3) is 0.320. The number of nitrogens with zero attached hydrogens (tertiary/aromatic N) is 4. The van der Waals surface area contributed by atoms with Gasteiger partial charge < -0.3 is 14.6 Å². The highest BCUT2D eigenvalue weighted by Crippen LogP contribution is 2.40. The molecule has 196 valence electrons. The van der Waals surface area contributed by atoms with Crippen LogP contribution in [-0.4, -0.2) is 53.5 Å². The van der Waals surface area contributed by atoms with E-state index < -0.39 is 22.1 Å². The van der Waals surface area contributed by atoms with Gasteiger partial charge in [-0.1, -0.05) is 23.7 Å². The summed E-state index contributed by atoms with van der Waals surface area (Å²) in [5.41, 5.74) is 1.60. The zero-order valence-electron chi connectivity index (χ0n) is 20.4. The zero-order valence-corrected chi connectivity index (χ0v) is 21.9. The van der Waals surface area contributed by atoms with Gasteiger partial charge in [0.15, 0.2) is 4.90 Å². The number of benzene rings is 1. The molecule has 3 heterocycles. The van der Waals surface area contributed by atoms with Crippen LogP contribution in [-0.2, 0) is 21.4 Å². The molecule has 4 rings (SSSR count). The first-order chi connectivity index (χ1) is 17.7. The maximum atomic E-state index is 14.0. The second-order valence-electron chi connectivity index (χ2n) is 8.23. The lowest BCUT2D eigenvalue weighted by atomic mass is 10.1. The molecule has 37 heavy (non-hydrogen) atoms. The third-order valence-corrected chi connectivity index (χ3v) is 7.77. The maximum Gasteiger partial charge on any atom is 0.303 e. The van der Waals surface area contributed by atoms with Gasteiger partial charge in [0.05, 0.1) is 29.6 Å². The van der Waals surface area contributed by atoms with Crippen LogP contribution in [0.15, 0.2) is 47.6 Å². The minimum atomic E-state index is -4.14. The Balaban J connectivity index is 1.76. The Bertz CT molecular complexity index is 1420. The van der Waals surface area contributed by atoms with Crippen LogP contribution in [0.3, 0.4) is 0 Å². The van der Waals surface area contributed by atoms with E-state index in [9.17, 15) is 13.2 Å². The predicted molar refractivity (Wildman–Crippen MR) is 140 cm³/mol. The molecule has 0 radical (unpaired) electrons. The second kappa shape index (κ2) is 11.2. The van der Waals surface area contributed by atoms with Gasteiger partial charge in [0, 0.05) is 25.4 Å². The summed E-state index contributed by atoms with van der Waals surface area (Å²) in [5, 5.41) is 13.9. The number of ether oxygens (including phenoxy) is 2. The number of carboxylic acids is 1. The third kappa shape index (κ3) is 5.89. The smallest absolute Gasteiger partial charge is 0.303 e. The lowest BCUT2D eigenvalue weighted by Gasteiger charge is -2.35. The monoisotopic (exact) mass is 546 g/mol. The molecule has 12 heteroatoms. The van der Waals surface area contributed by atoms with Gasteiger partial charge in [-0.25, -0.2) is 8.42 Å². The number of carbonyl (C=O) groups is 1. The lowest BCUT2D eigenvalue weighted by molar-refractivity contribution is -0.137. The van der Waals surface area contributed by atoms with E-state index in [1.54, 1.807) is 55.6 Å². The van der Waals surface area contributed by atoms with Crippen molar-refractivity contribution in [2.75, 3.05) is 17.5 Å². The number of aryl methyl sites for hydroxylation is 1. The van der Waals surface area contributed by atoms with E-state index in [0.717, 1.165) is 0 Å². The van der Waals surface area contributed by atoms with Crippen LogP contribution < -0.4 is 13.8 Å². The van der Waals surface area contributed by atoms with Crippen LogP contribution in [0.5, 0.6) is 11.6 Å². The van der Waals surface area contributed by atoms with Crippen molar-refractivity contribution in [1.82, 2.24) is 14.8 Å². The second-order valence-corrected chi connectivity index (χ2v) is 10.5. The quantitative estimate of drug-likeness (QED) is 0.398. The number of hydrogen-bond donors (Lipinski definition) is 1. The Morgan fingerprint density at radius 3 is 2.81 bits per heavy atom. The van der Waals surface area contributed by atoms with Crippen molar-refractivity contribution in [1.29, 1.82) is 0 Å². The summed E-state index contributed by atoms with van der Waals surface area (Å²) in [6.45, 7) is 4.23. The molecule has 0 bridgehead atoms. The van der Waals surface area contributed by atoms with Gasteiger partial charge in [0.2, 0.25) is 0 Å². The van der Waals surface area contributed by atoms with E-state index >= 15 is 0 Å². The molecular weight excluding hydrogens is 520 g/mol. The number of halogens is 1. The summed E-state index contributed by atoms with van der Waals surface area (Å²) in [7, 11) is -4.14. The van der Waals surface area contributed by atoms with Crippen LogP contribution in [0.1, 0.15) is 37.9 Å². The molecule has 0 fully saturated rings. The normalized spacial score (nSPS) is 15.4. The van der Waals surface area contributed by atoms with Crippen molar-refractivity contribution < 1.29 is 27.8 Å². The van der Waals surface area contributed by atoms with Crippen LogP contribution in [0.2, 0.25) is 5.02 Å². The van der Waals surface area contributed by atoms with E-state index in [0.29, 0.717) is 34.3 Å². The average Bonchev–Trinajstić information content (AvgIpc) is 3.30. The largest absolute Gasteiger partial charge is 0.486 e. The molecule has 0 amide bonds. The SMILES string of the molecule is CCOc1nn(CC)cc1S(=O)(=O)N1C[C@H](CCC(=O)O)Oc2ccc(/C=C/c3ncccc3Cl)cc21. The molecule has 2 aromatic heterocycles. The minimum Gasteiger partial charge on any atom is -0.486 e. The number of carboxylic acid groups (broad SMARTS) is 1. The van der Waals surface area contributed by atoms with E-state index in [1.165, 1.54) is 15.2 Å². The Kier molecular flexibility index (Phi) is 8.03. The molecule has 1 aliphatic rings. The van der Waals surface area contributed by atoms with E-state index in [-0.39, 0.29) is 36.8 Å². The highest BCUT2D eigenvalue weighted by molar-refractivity contribution is 7.93. The van der Waals surface area contributed by atoms with Crippen molar-refractivity contribution in [3.8, 4) is 11.6 Å². The molecule has 0 aliphatic carbocycles. The van der Waals surface area contributed by atoms with Gasteiger partial charge in [-0.15, -0.1) is 5.10 Å². The highest BCUT2D eigenvalue weighted by Gasteiger charge is 2.37. The van der Waals surface area contributed by atoms with E-state index in [1.807, 2.05) is 6.92 Å². The van der Waals surface area contributed by atoms with Gasteiger partial charge >= 0.3 is 5.97 Å². The van der Waals surface area contributed by atoms with Crippen molar-refractivity contribution in [3.63, 3.8) is 0 Å². The Morgan fingerprint density at radius 1 is 1.30 bits per heavy atom. The Labute approximate surface area is 220 Å². The molecule has 3 aromatic rings. The first kappa shape index (κ1) is 26.5. The van der Waals surface area contributed by atoms with Gasteiger partial charge in [-0.2, -0.15) is 0 Å². The number of aromatic nitrogens is 3. The maximum absolute atomic E-state index is 14.0. The van der Waals surface area contributed by atoms with Crippen LogP contribution >= 0.6 is 11.6 Å². The van der Waals surface area contributed by atoms with Crippen molar-refractivity contribution in [2.24, 2.45) is 0 Å². The highest BCUT2D eigenvalue weighted by atomic mass is 35.5. The zero-order chi connectivity index (χ0) is 26.6. The van der Waals surface area contributed by atoms with E-state index in [4.69, 9.17) is 26.2 Å².